The van der Waals surface area contributed by atoms with Gasteiger partial charge in [-0.1, -0.05) is 54.7 Å². The lowest BCUT2D eigenvalue weighted by Gasteiger charge is -2.44. The number of hydrogen-bond donors (Lipinski definition) is 0. The Bertz CT molecular complexity index is 1600. The van der Waals surface area contributed by atoms with Gasteiger partial charge in [-0.15, -0.1) is 5.10 Å². The van der Waals surface area contributed by atoms with Crippen LogP contribution in [0.4, 0.5) is 0 Å². The van der Waals surface area contributed by atoms with E-state index in [0.29, 0.717) is 17.0 Å². The molecular weight excluding hydrogens is 606 g/mol. The second-order valence-electron chi connectivity index (χ2n) is 10.1. The van der Waals surface area contributed by atoms with Gasteiger partial charge in [0.05, 0.1) is 12.8 Å². The summed E-state index contributed by atoms with van der Waals surface area (Å²) in [6, 6.07) is 16.5. The van der Waals surface area contributed by atoms with Crippen LogP contribution in [0, 0.1) is 4.64 Å². The number of nitrogens with zero attached hydrogens (tertiary/aromatic N) is 3. The van der Waals surface area contributed by atoms with E-state index >= 15 is 0 Å². The van der Waals surface area contributed by atoms with Crippen molar-refractivity contribution in [3.8, 4) is 17.1 Å². The molecule has 1 aromatic heterocycles. The maximum atomic E-state index is 12.4. The van der Waals surface area contributed by atoms with Crippen LogP contribution < -0.4 is 4.74 Å². The smallest absolute Gasteiger partial charge is 0.303 e. The maximum Gasteiger partial charge on any atom is 0.303 e. The molecule has 1 aliphatic heterocycles. The first-order chi connectivity index (χ1) is 21.5. The quantitative estimate of drug-likeness (QED) is 0.181. The third-order valence-corrected chi connectivity index (χ3v) is 7.09. The highest BCUT2D eigenvalue weighted by atomic mass is 32.1. The molecule has 2 aromatic carbocycles. The molecule has 0 aliphatic carbocycles. The van der Waals surface area contributed by atoms with Crippen LogP contribution in [-0.4, -0.2) is 76.8 Å². The molecular formula is C31H33N3O10S. The zero-order valence-corrected chi connectivity index (χ0v) is 26.1. The van der Waals surface area contributed by atoms with Crippen LogP contribution in [0.25, 0.3) is 11.4 Å². The van der Waals surface area contributed by atoms with Gasteiger partial charge in [0.2, 0.25) is 0 Å². The third kappa shape index (κ3) is 8.48. The van der Waals surface area contributed by atoms with E-state index in [1.165, 1.54) is 11.6 Å². The van der Waals surface area contributed by atoms with Crippen LogP contribution in [0.2, 0.25) is 0 Å². The lowest BCUT2D eigenvalue weighted by Crippen LogP contribution is -2.60. The molecule has 2 heterocycles. The molecule has 0 amide bonds. The Hall–Kier alpha value is -4.69. The predicted octanol–water partition coefficient (Wildman–Crippen LogP) is 3.53. The number of aromatic nitrogens is 3. The van der Waals surface area contributed by atoms with Crippen molar-refractivity contribution >= 4 is 36.1 Å². The summed E-state index contributed by atoms with van der Waals surface area (Å²) < 4.78 is 35.0. The molecule has 4 rings (SSSR count). The number of carbonyl (C=O) groups excluding carboxylic acids is 4. The van der Waals surface area contributed by atoms with E-state index < -0.39 is 61.1 Å². The number of benzene rings is 2. The van der Waals surface area contributed by atoms with Crippen LogP contribution >= 0.6 is 12.2 Å². The van der Waals surface area contributed by atoms with E-state index in [1.54, 1.807) is 7.11 Å². The Morgan fingerprint density at radius 2 is 1.42 bits per heavy atom. The zero-order chi connectivity index (χ0) is 32.7. The first-order valence-electron chi connectivity index (χ1n) is 14.0. The molecule has 3 aromatic rings. The minimum absolute atomic E-state index is 0.131. The molecule has 1 saturated heterocycles. The second-order valence-corrected chi connectivity index (χ2v) is 10.5. The molecule has 45 heavy (non-hydrogen) atoms. The maximum absolute atomic E-state index is 12.4. The second kappa shape index (κ2) is 14.9. The monoisotopic (exact) mass is 639 g/mol. The van der Waals surface area contributed by atoms with Gasteiger partial charge in [-0.2, -0.15) is 0 Å². The van der Waals surface area contributed by atoms with Crippen LogP contribution in [0.1, 0.15) is 45.2 Å². The summed E-state index contributed by atoms with van der Waals surface area (Å²) >= 11 is 5.88. The van der Waals surface area contributed by atoms with Crippen molar-refractivity contribution in [2.75, 3.05) is 13.7 Å². The van der Waals surface area contributed by atoms with Crippen molar-refractivity contribution in [2.24, 2.45) is 0 Å². The zero-order valence-electron chi connectivity index (χ0n) is 25.3. The summed E-state index contributed by atoms with van der Waals surface area (Å²) in [5.41, 5.74) is 1.97. The van der Waals surface area contributed by atoms with E-state index in [0.717, 1.165) is 26.3 Å². The molecule has 238 valence electrons. The van der Waals surface area contributed by atoms with Gasteiger partial charge in [0.15, 0.2) is 30.4 Å². The standard InChI is InChI=1S/C31H33N3O10S/c1-17(35)40-16-25-26(41-18(2)36)27(42-19(3)37)28(43-20(4)38)30(44-25)34-31(45)24(15-21-11-13-23(39-5)14-12-21)32-29(33-34)22-9-7-6-8-10-22/h6-14,25-28,30H,15-16H2,1-5H3/t25-,26-,27+,28-,30-/m1/s1. The fraction of sp³-hybridized carbons (Fsp3) is 0.387. The Morgan fingerprint density at radius 3 is 2.00 bits per heavy atom. The van der Waals surface area contributed by atoms with Gasteiger partial charge in [-0.25, -0.2) is 9.67 Å². The molecule has 0 spiro atoms. The molecule has 1 fully saturated rings. The fourth-order valence-electron chi connectivity index (χ4n) is 4.81. The predicted molar refractivity (Wildman–Crippen MR) is 159 cm³/mol. The number of rotatable bonds is 10. The molecule has 1 aliphatic rings. The van der Waals surface area contributed by atoms with Gasteiger partial charge >= 0.3 is 23.9 Å². The lowest BCUT2D eigenvalue weighted by molar-refractivity contribution is -0.270. The highest BCUT2D eigenvalue weighted by Gasteiger charge is 2.53. The summed E-state index contributed by atoms with van der Waals surface area (Å²) in [5, 5.41) is 4.69. The van der Waals surface area contributed by atoms with E-state index in [4.69, 9.17) is 50.7 Å². The molecule has 0 saturated carbocycles. The SMILES string of the molecule is COc1ccc(Cc2nc(-c3ccccc3)nn([C@@H]3O[C@H](COC(C)=O)[C@@H](OC(C)=O)[C@H](OC(C)=O)[C@H]3OC(C)=O)c2=S)cc1. The normalized spacial score (nSPS) is 20.9. The van der Waals surface area contributed by atoms with Crippen LogP contribution in [-0.2, 0) is 49.3 Å². The average molecular weight is 640 g/mol. The van der Waals surface area contributed by atoms with Crippen LogP contribution in [0.5, 0.6) is 5.75 Å². The number of esters is 4. The summed E-state index contributed by atoms with van der Waals surface area (Å²) in [6.07, 6.45) is -6.34. The van der Waals surface area contributed by atoms with E-state index in [2.05, 4.69) is 0 Å². The Labute approximate surface area is 264 Å². The summed E-state index contributed by atoms with van der Waals surface area (Å²) in [5.74, 6) is -1.90. The molecule has 0 radical (unpaired) electrons. The van der Waals surface area contributed by atoms with E-state index in [1.807, 2.05) is 54.6 Å². The summed E-state index contributed by atoms with van der Waals surface area (Å²) in [4.78, 5) is 53.4. The highest BCUT2D eigenvalue weighted by Crippen LogP contribution is 2.35. The molecule has 13 nitrogen and oxygen atoms in total. The van der Waals surface area contributed by atoms with E-state index in [9.17, 15) is 19.2 Å². The van der Waals surface area contributed by atoms with Gasteiger partial charge < -0.3 is 28.4 Å². The molecule has 0 N–H and O–H groups in total. The van der Waals surface area contributed by atoms with Gasteiger partial charge in [0, 0.05) is 39.7 Å². The number of carbonyl (C=O) groups is 4. The minimum atomic E-state index is -1.40. The van der Waals surface area contributed by atoms with Crippen molar-refractivity contribution in [3.05, 3.63) is 70.5 Å². The number of methoxy groups -OCH3 is 1. The minimum Gasteiger partial charge on any atom is -0.497 e. The van der Waals surface area contributed by atoms with Crippen LogP contribution in [0.15, 0.2) is 54.6 Å². The first kappa shape index (κ1) is 33.2. The van der Waals surface area contributed by atoms with Gasteiger partial charge in [0.25, 0.3) is 0 Å². The van der Waals surface area contributed by atoms with Gasteiger partial charge in [-0.3, -0.25) is 19.2 Å². The van der Waals surface area contributed by atoms with Crippen LogP contribution in [0.3, 0.4) is 0 Å². The molecule has 0 bridgehead atoms. The topological polar surface area (TPSA) is 154 Å². The molecule has 0 unspecified atom stereocenters. The Balaban J connectivity index is 1.91. The lowest BCUT2D eigenvalue weighted by atomic mass is 9.97. The fourth-order valence-corrected chi connectivity index (χ4v) is 5.08. The molecule has 5 atom stereocenters. The number of ether oxygens (including phenoxy) is 6. The van der Waals surface area contributed by atoms with Gasteiger partial charge in [0.1, 0.15) is 23.1 Å². The first-order valence-corrected chi connectivity index (χ1v) is 14.4. The van der Waals surface area contributed by atoms with Crippen molar-refractivity contribution in [2.45, 2.75) is 64.8 Å². The van der Waals surface area contributed by atoms with Crippen molar-refractivity contribution in [3.63, 3.8) is 0 Å². The van der Waals surface area contributed by atoms with Crippen molar-refractivity contribution in [1.82, 2.24) is 14.8 Å². The Morgan fingerprint density at radius 1 is 0.822 bits per heavy atom. The Kier molecular flexibility index (Phi) is 11.0. The van der Waals surface area contributed by atoms with Crippen molar-refractivity contribution < 1.29 is 47.6 Å². The number of hydrogen-bond acceptors (Lipinski definition) is 13. The van der Waals surface area contributed by atoms with Gasteiger partial charge in [-0.05, 0) is 17.7 Å². The summed E-state index contributed by atoms with van der Waals surface area (Å²) in [7, 11) is 1.57. The largest absolute Gasteiger partial charge is 0.497 e. The summed E-state index contributed by atoms with van der Waals surface area (Å²) in [6.45, 7) is 4.27. The van der Waals surface area contributed by atoms with E-state index in [-0.39, 0.29) is 16.9 Å². The third-order valence-electron chi connectivity index (χ3n) is 6.67. The van der Waals surface area contributed by atoms with Crippen molar-refractivity contribution in [1.29, 1.82) is 0 Å². The molecule has 14 heteroatoms. The highest BCUT2D eigenvalue weighted by molar-refractivity contribution is 7.71. The average Bonchev–Trinajstić information content (AvgIpc) is 2.99.